The van der Waals surface area contributed by atoms with E-state index in [1.807, 2.05) is 24.5 Å². The Bertz CT molecular complexity index is 622. The molecule has 3 atom stereocenters. The maximum atomic E-state index is 12.4. The van der Waals surface area contributed by atoms with Crippen molar-refractivity contribution in [3.05, 3.63) is 36.0 Å². The molecule has 2 saturated heterocycles. The van der Waals surface area contributed by atoms with Crippen molar-refractivity contribution in [2.24, 2.45) is 5.92 Å². The largest absolute Gasteiger partial charge is 0.333 e. The summed E-state index contributed by atoms with van der Waals surface area (Å²) in [4.78, 5) is 16.0. The van der Waals surface area contributed by atoms with E-state index in [0.29, 0.717) is 6.04 Å². The van der Waals surface area contributed by atoms with Gasteiger partial charge in [-0.25, -0.2) is 4.79 Å². The number of carbonyl (C=O) groups excluding carboxylic acids is 1. The zero-order valence-corrected chi connectivity index (χ0v) is 12.7. The maximum absolute atomic E-state index is 12.4. The average molecular weight is 301 g/mol. The first-order chi connectivity index (χ1) is 10.3. The van der Waals surface area contributed by atoms with Crippen molar-refractivity contribution in [2.45, 2.75) is 18.9 Å². The first-order valence-corrected chi connectivity index (χ1v) is 8.41. The Hall–Kier alpha value is -1.59. The van der Waals surface area contributed by atoms with Crippen LogP contribution in [0.3, 0.4) is 0 Å². The molecule has 0 spiro atoms. The number of piperidine rings is 1. The Morgan fingerprint density at radius 3 is 3.10 bits per heavy atom. The van der Waals surface area contributed by atoms with Gasteiger partial charge in [0, 0.05) is 42.0 Å². The monoisotopic (exact) mass is 301 g/mol. The van der Waals surface area contributed by atoms with E-state index in [1.165, 1.54) is 24.4 Å². The molecule has 0 saturated carbocycles. The molecule has 1 amide bonds. The normalized spacial score (nSPS) is 27.7. The van der Waals surface area contributed by atoms with Gasteiger partial charge in [-0.2, -0.15) is 0 Å². The van der Waals surface area contributed by atoms with Gasteiger partial charge in [0.1, 0.15) is 0 Å². The zero-order chi connectivity index (χ0) is 14.2. The van der Waals surface area contributed by atoms with Crippen LogP contribution in [0.5, 0.6) is 0 Å². The van der Waals surface area contributed by atoms with Crippen LogP contribution in [0.25, 0.3) is 10.4 Å². The van der Waals surface area contributed by atoms with E-state index in [9.17, 15) is 4.79 Å². The highest BCUT2D eigenvalue weighted by molar-refractivity contribution is 7.13. The van der Waals surface area contributed by atoms with Gasteiger partial charge in [0.05, 0.1) is 0 Å². The molecule has 2 bridgehead atoms. The summed E-state index contributed by atoms with van der Waals surface area (Å²) in [6, 6.07) is 6.40. The second kappa shape index (κ2) is 5.31. The maximum Gasteiger partial charge on any atom is 0.325 e. The Morgan fingerprint density at radius 1 is 1.33 bits per heavy atom. The lowest BCUT2D eigenvalue weighted by atomic mass is 9.97. The molecule has 2 aliphatic rings. The Morgan fingerprint density at radius 2 is 2.29 bits per heavy atom. The lowest BCUT2D eigenvalue weighted by molar-refractivity contribution is 0.206. The third-order valence-corrected chi connectivity index (χ3v) is 5.45. The fraction of sp³-hybridized carbons (Fsp3) is 0.438. The molecule has 110 valence electrons. The second-order valence-corrected chi connectivity index (χ2v) is 7.03. The fourth-order valence-electron chi connectivity index (χ4n) is 3.52. The minimum Gasteiger partial charge on any atom is -0.333 e. The standard InChI is InChI=1S/C16H19N3OS/c20-16(17-14-8-12-3-5-18(9-12)11-14)19-6-4-13(10-19)15-2-1-7-21-15/h1-2,4,6-7,10,12,14H,3,5,8-9,11H2,(H,17,20). The average Bonchev–Trinajstić information content (AvgIpc) is 3.18. The van der Waals surface area contributed by atoms with Crippen molar-refractivity contribution in [3.63, 3.8) is 0 Å². The molecule has 0 aliphatic carbocycles. The Kier molecular flexibility index (Phi) is 3.31. The molecule has 2 aromatic rings. The number of nitrogens with one attached hydrogen (secondary N) is 1. The molecule has 2 aliphatic heterocycles. The molecule has 4 heterocycles. The van der Waals surface area contributed by atoms with Crippen LogP contribution < -0.4 is 5.32 Å². The lowest BCUT2D eigenvalue weighted by Crippen LogP contribution is -2.47. The summed E-state index contributed by atoms with van der Waals surface area (Å²) < 4.78 is 1.67. The van der Waals surface area contributed by atoms with Crippen LogP contribution in [-0.2, 0) is 0 Å². The smallest absolute Gasteiger partial charge is 0.325 e. The summed E-state index contributed by atoms with van der Waals surface area (Å²) in [7, 11) is 0. The van der Waals surface area contributed by atoms with Gasteiger partial charge in [0.25, 0.3) is 0 Å². The van der Waals surface area contributed by atoms with E-state index in [1.54, 1.807) is 15.9 Å². The molecule has 5 heteroatoms. The predicted octanol–water partition coefficient (Wildman–Crippen LogP) is 2.87. The molecular weight excluding hydrogens is 282 g/mol. The van der Waals surface area contributed by atoms with Crippen molar-refractivity contribution in [2.75, 3.05) is 19.6 Å². The minimum atomic E-state index is -0.00898. The van der Waals surface area contributed by atoms with Gasteiger partial charge >= 0.3 is 6.03 Å². The van der Waals surface area contributed by atoms with Crippen LogP contribution in [-0.4, -0.2) is 41.2 Å². The number of hydrogen-bond acceptors (Lipinski definition) is 3. The van der Waals surface area contributed by atoms with Crippen molar-refractivity contribution in [1.82, 2.24) is 14.8 Å². The van der Waals surface area contributed by atoms with E-state index >= 15 is 0 Å². The summed E-state index contributed by atoms with van der Waals surface area (Å²) in [6.07, 6.45) is 6.18. The van der Waals surface area contributed by atoms with Gasteiger partial charge in [-0.3, -0.25) is 4.57 Å². The molecule has 3 unspecified atom stereocenters. The predicted molar refractivity (Wildman–Crippen MR) is 84.6 cm³/mol. The number of rotatable bonds is 2. The van der Waals surface area contributed by atoms with E-state index in [2.05, 4.69) is 21.7 Å². The van der Waals surface area contributed by atoms with Crippen LogP contribution in [0.15, 0.2) is 36.0 Å². The third kappa shape index (κ3) is 2.63. The van der Waals surface area contributed by atoms with Crippen LogP contribution in [0.1, 0.15) is 12.8 Å². The molecule has 4 nitrogen and oxygen atoms in total. The molecule has 1 N–H and O–H groups in total. The van der Waals surface area contributed by atoms with Crippen LogP contribution >= 0.6 is 11.3 Å². The molecule has 21 heavy (non-hydrogen) atoms. The third-order valence-electron chi connectivity index (χ3n) is 4.53. The van der Waals surface area contributed by atoms with Gasteiger partial charge in [-0.15, -0.1) is 11.3 Å². The number of aromatic nitrogens is 1. The molecule has 0 aromatic carbocycles. The zero-order valence-electron chi connectivity index (χ0n) is 11.9. The Balaban J connectivity index is 1.43. The molecular formula is C16H19N3OS. The quantitative estimate of drug-likeness (QED) is 0.926. The lowest BCUT2D eigenvalue weighted by Gasteiger charge is -2.30. The van der Waals surface area contributed by atoms with Crippen molar-refractivity contribution in [1.29, 1.82) is 0 Å². The first-order valence-electron chi connectivity index (χ1n) is 7.53. The van der Waals surface area contributed by atoms with Gasteiger partial charge in [-0.1, -0.05) is 6.07 Å². The summed E-state index contributed by atoms with van der Waals surface area (Å²) >= 11 is 1.69. The van der Waals surface area contributed by atoms with Crippen molar-refractivity contribution >= 4 is 17.4 Å². The highest BCUT2D eigenvalue weighted by Gasteiger charge is 2.32. The summed E-state index contributed by atoms with van der Waals surface area (Å²) in [5.41, 5.74) is 1.10. The first kappa shape index (κ1) is 13.1. The number of carbonyl (C=O) groups is 1. The van der Waals surface area contributed by atoms with E-state index < -0.39 is 0 Å². The topological polar surface area (TPSA) is 37.3 Å². The van der Waals surface area contributed by atoms with Crippen LogP contribution in [0.4, 0.5) is 4.79 Å². The van der Waals surface area contributed by atoms with Gasteiger partial charge in [0.15, 0.2) is 0 Å². The van der Waals surface area contributed by atoms with Crippen molar-refractivity contribution < 1.29 is 4.79 Å². The number of fused-ring (bicyclic) bond motifs is 2. The van der Waals surface area contributed by atoms with Crippen molar-refractivity contribution in [3.8, 4) is 10.4 Å². The molecule has 0 radical (unpaired) electrons. The SMILES string of the molecule is O=C(NC1CC2CCN(C2)C1)n1ccc(-c2cccs2)c1. The van der Waals surface area contributed by atoms with Gasteiger partial charge in [0.2, 0.25) is 0 Å². The number of thiophene rings is 1. The summed E-state index contributed by atoms with van der Waals surface area (Å²) in [6.45, 7) is 3.42. The van der Waals surface area contributed by atoms with Gasteiger partial charge in [-0.05, 0) is 42.8 Å². The summed E-state index contributed by atoms with van der Waals surface area (Å²) in [5.74, 6) is 0.774. The van der Waals surface area contributed by atoms with E-state index in [0.717, 1.165) is 24.4 Å². The Labute approximate surface area is 128 Å². The molecule has 2 aromatic heterocycles. The van der Waals surface area contributed by atoms with Crippen LogP contribution in [0, 0.1) is 5.92 Å². The summed E-state index contributed by atoms with van der Waals surface area (Å²) in [5, 5.41) is 5.23. The second-order valence-electron chi connectivity index (χ2n) is 6.08. The van der Waals surface area contributed by atoms with Crippen LogP contribution in [0.2, 0.25) is 0 Å². The highest BCUT2D eigenvalue weighted by atomic mass is 32.1. The molecule has 4 rings (SSSR count). The van der Waals surface area contributed by atoms with E-state index in [4.69, 9.17) is 0 Å². The fourth-order valence-corrected chi connectivity index (χ4v) is 4.24. The van der Waals surface area contributed by atoms with Gasteiger partial charge < -0.3 is 10.2 Å². The highest BCUT2D eigenvalue weighted by Crippen LogP contribution is 2.27. The number of hydrogen-bond donors (Lipinski definition) is 1. The number of nitrogens with zero attached hydrogens (tertiary/aromatic N) is 2. The number of amides is 1. The molecule has 2 fully saturated rings. The minimum absolute atomic E-state index is 0.00898. The van der Waals surface area contributed by atoms with E-state index in [-0.39, 0.29) is 6.03 Å².